The number of ether oxygens (including phenoxy) is 1. The van der Waals surface area contributed by atoms with Gasteiger partial charge in [-0.15, -0.1) is 0 Å². The molecule has 0 unspecified atom stereocenters. The van der Waals surface area contributed by atoms with Crippen LogP contribution in [0.2, 0.25) is 0 Å². The van der Waals surface area contributed by atoms with E-state index in [1.165, 1.54) is 0 Å². The Morgan fingerprint density at radius 1 is 1.06 bits per heavy atom. The second-order valence-electron chi connectivity index (χ2n) is 9.20. The molecule has 180 valence electrons. The van der Waals surface area contributed by atoms with Gasteiger partial charge in [0.15, 0.2) is 0 Å². The van der Waals surface area contributed by atoms with E-state index >= 15 is 0 Å². The van der Waals surface area contributed by atoms with Crippen molar-refractivity contribution >= 4 is 17.5 Å². The zero-order chi connectivity index (χ0) is 25.2. The number of hydrogen-bond acceptors (Lipinski definition) is 7. The zero-order valence-electron chi connectivity index (χ0n) is 20.7. The first-order valence-corrected chi connectivity index (χ1v) is 11.3. The fraction of sp³-hybridized carbons (Fsp3) is 0.269. The van der Waals surface area contributed by atoms with Gasteiger partial charge in [-0.05, 0) is 55.0 Å². The van der Waals surface area contributed by atoms with E-state index in [9.17, 15) is 4.79 Å². The first-order valence-electron chi connectivity index (χ1n) is 11.3. The Morgan fingerprint density at radius 2 is 1.86 bits per heavy atom. The molecule has 0 aliphatic heterocycles. The average Bonchev–Trinajstić information content (AvgIpc) is 3.23. The molecule has 0 saturated heterocycles. The molecule has 9 heteroatoms. The van der Waals surface area contributed by atoms with E-state index in [0.29, 0.717) is 34.7 Å². The number of anilines is 2. The normalized spacial score (nSPS) is 11.3. The topological polar surface area (TPSA) is 107 Å². The molecule has 1 amide bonds. The van der Waals surface area contributed by atoms with E-state index in [1.54, 1.807) is 43.3 Å². The second-order valence-corrected chi connectivity index (χ2v) is 9.20. The number of carbonyl (C=O) groups is 1. The third-order valence-electron chi connectivity index (χ3n) is 5.45. The number of nitrogens with one attached hydrogen (secondary N) is 2. The SMILES string of the molecule is CNc1nccc(-c2cccnc2Oc2ccc(NC(=O)c3cc(C(C)(C)C)nn3C)cc2C)n1. The minimum Gasteiger partial charge on any atom is -0.438 e. The zero-order valence-corrected chi connectivity index (χ0v) is 20.7. The Kier molecular flexibility index (Phi) is 6.50. The molecule has 1 aromatic carbocycles. The molecule has 4 rings (SSSR count). The smallest absolute Gasteiger partial charge is 0.273 e. The molecule has 0 bridgehead atoms. The van der Waals surface area contributed by atoms with Crippen molar-refractivity contribution in [3.63, 3.8) is 0 Å². The first kappa shape index (κ1) is 23.9. The Morgan fingerprint density at radius 3 is 2.54 bits per heavy atom. The van der Waals surface area contributed by atoms with Crippen molar-refractivity contribution in [3.05, 3.63) is 71.8 Å². The number of hydrogen-bond donors (Lipinski definition) is 2. The van der Waals surface area contributed by atoms with Gasteiger partial charge < -0.3 is 15.4 Å². The Labute approximate surface area is 204 Å². The van der Waals surface area contributed by atoms with E-state index in [-0.39, 0.29) is 11.3 Å². The Balaban J connectivity index is 1.54. The molecule has 0 aliphatic carbocycles. The molecule has 9 nitrogen and oxygen atoms in total. The number of amides is 1. The maximum absolute atomic E-state index is 12.9. The molecule has 0 aliphatic rings. The van der Waals surface area contributed by atoms with Crippen LogP contribution in [-0.4, -0.2) is 37.7 Å². The molecule has 0 spiro atoms. The van der Waals surface area contributed by atoms with Crippen molar-refractivity contribution in [3.8, 4) is 22.9 Å². The van der Waals surface area contributed by atoms with Crippen LogP contribution in [0.3, 0.4) is 0 Å². The summed E-state index contributed by atoms with van der Waals surface area (Å²) in [4.78, 5) is 25.9. The molecule has 4 aromatic rings. The van der Waals surface area contributed by atoms with Gasteiger partial charge in [-0.3, -0.25) is 9.48 Å². The molecule has 0 saturated carbocycles. The van der Waals surface area contributed by atoms with Crippen LogP contribution in [0.5, 0.6) is 11.6 Å². The lowest BCUT2D eigenvalue weighted by molar-refractivity contribution is 0.101. The fourth-order valence-electron chi connectivity index (χ4n) is 3.48. The van der Waals surface area contributed by atoms with Crippen molar-refractivity contribution in [2.24, 2.45) is 7.05 Å². The van der Waals surface area contributed by atoms with Crippen LogP contribution in [0.15, 0.2) is 54.9 Å². The van der Waals surface area contributed by atoms with Crippen LogP contribution >= 0.6 is 0 Å². The lowest BCUT2D eigenvalue weighted by atomic mass is 9.92. The average molecular weight is 472 g/mol. The first-order chi connectivity index (χ1) is 16.7. The number of rotatable bonds is 6. The summed E-state index contributed by atoms with van der Waals surface area (Å²) in [6.07, 6.45) is 3.35. The van der Waals surface area contributed by atoms with E-state index in [0.717, 1.165) is 16.8 Å². The summed E-state index contributed by atoms with van der Waals surface area (Å²) in [7, 11) is 3.54. The molecular formula is C26H29N7O2. The summed E-state index contributed by atoms with van der Waals surface area (Å²) in [5.41, 5.74) is 4.16. The van der Waals surface area contributed by atoms with E-state index in [2.05, 4.69) is 51.5 Å². The van der Waals surface area contributed by atoms with Crippen LogP contribution in [-0.2, 0) is 12.5 Å². The van der Waals surface area contributed by atoms with Crippen molar-refractivity contribution in [2.45, 2.75) is 33.1 Å². The fourth-order valence-corrected chi connectivity index (χ4v) is 3.48. The monoisotopic (exact) mass is 471 g/mol. The van der Waals surface area contributed by atoms with E-state index in [1.807, 2.05) is 37.3 Å². The van der Waals surface area contributed by atoms with Gasteiger partial charge in [0.2, 0.25) is 11.8 Å². The molecule has 0 radical (unpaired) electrons. The third kappa shape index (κ3) is 5.29. The summed E-state index contributed by atoms with van der Waals surface area (Å²) >= 11 is 0. The van der Waals surface area contributed by atoms with Gasteiger partial charge in [0.1, 0.15) is 11.4 Å². The van der Waals surface area contributed by atoms with Crippen LogP contribution in [0.1, 0.15) is 42.5 Å². The predicted molar refractivity (Wildman–Crippen MR) is 136 cm³/mol. The quantitative estimate of drug-likeness (QED) is 0.409. The third-order valence-corrected chi connectivity index (χ3v) is 5.45. The van der Waals surface area contributed by atoms with E-state index in [4.69, 9.17) is 4.74 Å². The number of benzene rings is 1. The summed E-state index contributed by atoms with van der Waals surface area (Å²) in [6, 6.07) is 12.8. The van der Waals surface area contributed by atoms with Gasteiger partial charge in [0, 0.05) is 37.6 Å². The number of aromatic nitrogens is 5. The second kappa shape index (κ2) is 9.54. The standard InChI is InChI=1S/C26H29N7O2/c1-16-14-17(30-23(34)20-15-22(26(2,3)4)32-33(20)6)9-10-21(16)35-24-18(8-7-12-28-24)19-11-13-29-25(27-5)31-19/h7-15H,1-6H3,(H,30,34)(H,27,29,31). The highest BCUT2D eigenvalue weighted by atomic mass is 16.5. The lowest BCUT2D eigenvalue weighted by Gasteiger charge is -2.13. The van der Waals surface area contributed by atoms with Crippen LogP contribution in [0.25, 0.3) is 11.3 Å². The molecule has 35 heavy (non-hydrogen) atoms. The summed E-state index contributed by atoms with van der Waals surface area (Å²) in [5.74, 6) is 1.34. The molecule has 3 heterocycles. The van der Waals surface area contributed by atoms with Crippen molar-refractivity contribution in [1.29, 1.82) is 0 Å². The maximum atomic E-state index is 12.9. The number of carbonyl (C=O) groups excluding carboxylic acids is 1. The van der Waals surface area contributed by atoms with E-state index < -0.39 is 0 Å². The minimum absolute atomic E-state index is 0.142. The molecule has 0 atom stereocenters. The van der Waals surface area contributed by atoms with Gasteiger partial charge in [0.05, 0.1) is 17.0 Å². The molecule has 2 N–H and O–H groups in total. The van der Waals surface area contributed by atoms with Gasteiger partial charge in [-0.1, -0.05) is 20.8 Å². The molecule has 0 fully saturated rings. The number of nitrogens with zero attached hydrogens (tertiary/aromatic N) is 5. The molecule has 3 aromatic heterocycles. The van der Waals surface area contributed by atoms with Gasteiger partial charge in [-0.2, -0.15) is 5.10 Å². The minimum atomic E-state index is -0.223. The van der Waals surface area contributed by atoms with Crippen molar-refractivity contribution < 1.29 is 9.53 Å². The van der Waals surface area contributed by atoms with Crippen molar-refractivity contribution in [1.82, 2.24) is 24.7 Å². The highest BCUT2D eigenvalue weighted by Gasteiger charge is 2.22. The van der Waals surface area contributed by atoms with Gasteiger partial charge in [-0.25, -0.2) is 15.0 Å². The van der Waals surface area contributed by atoms with Gasteiger partial charge in [0.25, 0.3) is 5.91 Å². The van der Waals surface area contributed by atoms with Crippen LogP contribution < -0.4 is 15.4 Å². The predicted octanol–water partition coefficient (Wildman–Crippen LogP) is 4.96. The highest BCUT2D eigenvalue weighted by Crippen LogP contribution is 2.33. The summed E-state index contributed by atoms with van der Waals surface area (Å²) in [5, 5.41) is 10.4. The Hall–Kier alpha value is -4.27. The maximum Gasteiger partial charge on any atom is 0.273 e. The van der Waals surface area contributed by atoms with Crippen molar-refractivity contribution in [2.75, 3.05) is 17.7 Å². The lowest BCUT2D eigenvalue weighted by Crippen LogP contribution is -2.16. The highest BCUT2D eigenvalue weighted by molar-refractivity contribution is 6.03. The van der Waals surface area contributed by atoms with Gasteiger partial charge >= 0.3 is 0 Å². The summed E-state index contributed by atoms with van der Waals surface area (Å²) in [6.45, 7) is 8.11. The van der Waals surface area contributed by atoms with Crippen LogP contribution in [0, 0.1) is 6.92 Å². The number of pyridine rings is 1. The Bertz CT molecular complexity index is 1370. The number of aryl methyl sites for hydroxylation is 2. The van der Waals surface area contributed by atoms with Crippen LogP contribution in [0.4, 0.5) is 11.6 Å². The molecular weight excluding hydrogens is 442 g/mol. The summed E-state index contributed by atoms with van der Waals surface area (Å²) < 4.78 is 7.76. The largest absolute Gasteiger partial charge is 0.438 e.